The molecule has 164 valence electrons. The van der Waals surface area contributed by atoms with Crippen molar-refractivity contribution in [3.05, 3.63) is 89.7 Å². The number of hydrogen-bond donors (Lipinski definition) is 1. The van der Waals surface area contributed by atoms with Gasteiger partial charge in [0.05, 0.1) is 24.6 Å². The predicted octanol–water partition coefficient (Wildman–Crippen LogP) is 4.83. The SMILES string of the molecule is CC(NC(=O)CSc1nnc(-c2ccco2)n1Cc1ccccc1)c1ccc(F)c(F)c1. The van der Waals surface area contributed by atoms with E-state index in [1.54, 1.807) is 25.3 Å². The molecule has 2 heterocycles. The van der Waals surface area contributed by atoms with Crippen molar-refractivity contribution in [2.75, 3.05) is 5.75 Å². The molecule has 1 unspecified atom stereocenters. The number of nitrogens with one attached hydrogen (secondary N) is 1. The second kappa shape index (κ2) is 9.78. The van der Waals surface area contributed by atoms with E-state index in [-0.39, 0.29) is 11.7 Å². The quantitative estimate of drug-likeness (QED) is 0.386. The molecule has 1 N–H and O–H groups in total. The van der Waals surface area contributed by atoms with Gasteiger partial charge < -0.3 is 9.73 Å². The predicted molar refractivity (Wildman–Crippen MR) is 117 cm³/mol. The minimum atomic E-state index is -0.947. The van der Waals surface area contributed by atoms with Crippen LogP contribution in [0.25, 0.3) is 11.6 Å². The molecule has 4 aromatic rings. The second-order valence-corrected chi connectivity index (χ2v) is 8.05. The van der Waals surface area contributed by atoms with Crippen molar-refractivity contribution in [1.82, 2.24) is 20.1 Å². The number of carbonyl (C=O) groups excluding carboxylic acids is 1. The zero-order valence-corrected chi connectivity index (χ0v) is 18.0. The highest BCUT2D eigenvalue weighted by atomic mass is 32.2. The largest absolute Gasteiger partial charge is 0.461 e. The van der Waals surface area contributed by atoms with Gasteiger partial charge in [-0.2, -0.15) is 0 Å². The monoisotopic (exact) mass is 454 g/mol. The zero-order chi connectivity index (χ0) is 22.5. The van der Waals surface area contributed by atoms with Crippen LogP contribution in [0.3, 0.4) is 0 Å². The molecule has 0 aliphatic heterocycles. The van der Waals surface area contributed by atoms with Crippen molar-refractivity contribution >= 4 is 17.7 Å². The first-order chi connectivity index (χ1) is 15.5. The van der Waals surface area contributed by atoms with Crippen LogP contribution in [0.4, 0.5) is 8.78 Å². The Bertz CT molecular complexity index is 1200. The number of hydrogen-bond acceptors (Lipinski definition) is 5. The summed E-state index contributed by atoms with van der Waals surface area (Å²) in [6.07, 6.45) is 1.57. The maximum absolute atomic E-state index is 13.5. The smallest absolute Gasteiger partial charge is 0.230 e. The lowest BCUT2D eigenvalue weighted by atomic mass is 10.1. The lowest BCUT2D eigenvalue weighted by molar-refractivity contribution is -0.119. The van der Waals surface area contributed by atoms with Crippen molar-refractivity contribution < 1.29 is 18.0 Å². The van der Waals surface area contributed by atoms with Gasteiger partial charge in [-0.15, -0.1) is 10.2 Å². The maximum Gasteiger partial charge on any atom is 0.230 e. The van der Waals surface area contributed by atoms with Crippen molar-refractivity contribution in [2.24, 2.45) is 0 Å². The van der Waals surface area contributed by atoms with Crippen LogP contribution in [-0.4, -0.2) is 26.4 Å². The summed E-state index contributed by atoms with van der Waals surface area (Å²) in [5, 5.41) is 11.8. The molecule has 32 heavy (non-hydrogen) atoms. The number of carbonyl (C=O) groups is 1. The fraction of sp³-hybridized carbons (Fsp3) is 0.174. The molecule has 0 radical (unpaired) electrons. The topological polar surface area (TPSA) is 73.0 Å². The molecule has 0 fully saturated rings. The second-order valence-electron chi connectivity index (χ2n) is 7.11. The van der Waals surface area contributed by atoms with Crippen LogP contribution in [0.15, 0.2) is 76.5 Å². The Hall–Kier alpha value is -3.46. The van der Waals surface area contributed by atoms with Gasteiger partial charge in [-0.1, -0.05) is 48.2 Å². The minimum Gasteiger partial charge on any atom is -0.461 e. The van der Waals surface area contributed by atoms with Crippen molar-refractivity contribution in [3.63, 3.8) is 0 Å². The summed E-state index contributed by atoms with van der Waals surface area (Å²) in [4.78, 5) is 12.5. The first-order valence-electron chi connectivity index (χ1n) is 9.89. The van der Waals surface area contributed by atoms with Crippen LogP contribution in [0.5, 0.6) is 0 Å². The number of benzene rings is 2. The standard InChI is InChI=1S/C23H20F2N4O2S/c1-15(17-9-10-18(24)19(25)12-17)26-21(30)14-32-23-28-27-22(20-8-5-11-31-20)29(23)13-16-6-3-2-4-7-16/h2-12,15H,13-14H2,1H3,(H,26,30). The number of aromatic nitrogens is 3. The van der Waals surface area contributed by atoms with Gasteiger partial charge >= 0.3 is 0 Å². The third-order valence-corrected chi connectivity index (χ3v) is 5.76. The summed E-state index contributed by atoms with van der Waals surface area (Å²) < 4.78 is 34.0. The van der Waals surface area contributed by atoms with E-state index in [0.29, 0.717) is 28.8 Å². The van der Waals surface area contributed by atoms with Gasteiger partial charge in [0.2, 0.25) is 11.7 Å². The van der Waals surface area contributed by atoms with Crippen LogP contribution in [0, 0.1) is 11.6 Å². The third-order valence-electron chi connectivity index (χ3n) is 4.80. The van der Waals surface area contributed by atoms with Gasteiger partial charge in [-0.3, -0.25) is 9.36 Å². The summed E-state index contributed by atoms with van der Waals surface area (Å²) in [5.74, 6) is -0.904. The van der Waals surface area contributed by atoms with Crippen LogP contribution in [0.1, 0.15) is 24.1 Å². The Morgan fingerprint density at radius 2 is 1.91 bits per heavy atom. The molecular formula is C23H20F2N4O2S. The molecule has 0 saturated heterocycles. The van der Waals surface area contributed by atoms with E-state index in [4.69, 9.17) is 4.42 Å². The molecule has 0 spiro atoms. The molecule has 6 nitrogen and oxygen atoms in total. The maximum atomic E-state index is 13.5. The van der Waals surface area contributed by atoms with E-state index < -0.39 is 17.7 Å². The number of halogens is 2. The molecular weight excluding hydrogens is 434 g/mol. The van der Waals surface area contributed by atoms with E-state index in [1.807, 2.05) is 34.9 Å². The summed E-state index contributed by atoms with van der Waals surface area (Å²) in [6.45, 7) is 2.22. The number of rotatable bonds is 8. The Kier molecular flexibility index (Phi) is 6.65. The first-order valence-corrected chi connectivity index (χ1v) is 10.9. The van der Waals surface area contributed by atoms with E-state index in [9.17, 15) is 13.6 Å². The lowest BCUT2D eigenvalue weighted by Crippen LogP contribution is -2.28. The molecule has 2 aromatic carbocycles. The van der Waals surface area contributed by atoms with Crippen molar-refractivity contribution in [1.29, 1.82) is 0 Å². The first kappa shape index (κ1) is 21.8. The minimum absolute atomic E-state index is 0.0824. The Morgan fingerprint density at radius 3 is 2.62 bits per heavy atom. The van der Waals surface area contributed by atoms with Crippen molar-refractivity contribution in [3.8, 4) is 11.6 Å². The molecule has 4 rings (SSSR count). The molecule has 0 saturated carbocycles. The molecule has 0 bridgehead atoms. The summed E-state index contributed by atoms with van der Waals surface area (Å²) >= 11 is 1.24. The van der Waals surface area contributed by atoms with Gasteiger partial charge in [0.15, 0.2) is 22.6 Å². The highest BCUT2D eigenvalue weighted by Crippen LogP contribution is 2.26. The lowest BCUT2D eigenvalue weighted by Gasteiger charge is -2.14. The van der Waals surface area contributed by atoms with Crippen LogP contribution < -0.4 is 5.32 Å². The van der Waals surface area contributed by atoms with Gasteiger partial charge in [0, 0.05) is 0 Å². The average Bonchev–Trinajstić information content (AvgIpc) is 3.45. The Morgan fingerprint density at radius 1 is 1.09 bits per heavy atom. The van der Waals surface area contributed by atoms with Crippen LogP contribution in [-0.2, 0) is 11.3 Å². The van der Waals surface area contributed by atoms with E-state index in [1.165, 1.54) is 17.8 Å². The van der Waals surface area contributed by atoms with Crippen LogP contribution in [0.2, 0.25) is 0 Å². The van der Waals surface area contributed by atoms with Crippen LogP contribution >= 0.6 is 11.8 Å². The van der Waals surface area contributed by atoms with Gasteiger partial charge in [0.25, 0.3) is 0 Å². The number of nitrogens with zero attached hydrogens (tertiary/aromatic N) is 3. The van der Waals surface area contributed by atoms with Gasteiger partial charge in [-0.25, -0.2) is 8.78 Å². The molecule has 1 atom stereocenters. The average molecular weight is 455 g/mol. The van der Waals surface area contributed by atoms with Crippen molar-refractivity contribution in [2.45, 2.75) is 24.7 Å². The summed E-state index contributed by atoms with van der Waals surface area (Å²) in [5.41, 5.74) is 1.54. The summed E-state index contributed by atoms with van der Waals surface area (Å²) in [6, 6.07) is 16.5. The van der Waals surface area contributed by atoms with E-state index in [2.05, 4.69) is 15.5 Å². The molecule has 1 amide bonds. The normalized spacial score (nSPS) is 12.0. The fourth-order valence-corrected chi connectivity index (χ4v) is 3.92. The van der Waals surface area contributed by atoms with Gasteiger partial charge in [0.1, 0.15) is 0 Å². The molecule has 0 aliphatic rings. The Balaban J connectivity index is 1.46. The fourth-order valence-electron chi connectivity index (χ4n) is 3.17. The molecule has 9 heteroatoms. The number of amides is 1. The van der Waals surface area contributed by atoms with Gasteiger partial charge in [-0.05, 0) is 42.3 Å². The number of furan rings is 1. The van der Waals surface area contributed by atoms with E-state index in [0.717, 1.165) is 17.7 Å². The number of thioether (sulfide) groups is 1. The Labute approximate surface area is 187 Å². The van der Waals surface area contributed by atoms with E-state index >= 15 is 0 Å². The zero-order valence-electron chi connectivity index (χ0n) is 17.2. The summed E-state index contributed by atoms with van der Waals surface area (Å²) in [7, 11) is 0. The molecule has 0 aliphatic carbocycles. The highest BCUT2D eigenvalue weighted by Gasteiger charge is 2.19. The molecule has 2 aromatic heterocycles. The highest BCUT2D eigenvalue weighted by molar-refractivity contribution is 7.99. The third kappa shape index (κ3) is 5.05.